The van der Waals surface area contributed by atoms with Crippen LogP contribution in [0.4, 0.5) is 0 Å². The van der Waals surface area contributed by atoms with E-state index in [2.05, 4.69) is 6.08 Å². The van der Waals surface area contributed by atoms with Crippen molar-refractivity contribution in [2.45, 2.75) is 85.9 Å². The molecular weight excluding hydrogens is 356 g/mol. The van der Waals surface area contributed by atoms with Crippen LogP contribution in [0.3, 0.4) is 0 Å². The highest BCUT2D eigenvalue weighted by atomic mass is 16.5. The fourth-order valence-electron chi connectivity index (χ4n) is 3.66. The topological polar surface area (TPSA) is 83.8 Å². The molecule has 1 saturated heterocycles. The SMILES string of the molecule is CCC(C)C(=O)C1=C2OC(C(C)(O)CCC=C(C)C)CC2=C(O)C(C)(C)C1=O. The number of Topliss-reactive ketones (excluding diaryl/α,β-unsaturated/α-hetero) is 2. The van der Waals surface area contributed by atoms with Gasteiger partial charge in [0.25, 0.3) is 0 Å². The summed E-state index contributed by atoms with van der Waals surface area (Å²) in [5.41, 5.74) is -0.641. The Hall–Kier alpha value is -1.88. The smallest absolute Gasteiger partial charge is 0.183 e. The molecule has 3 atom stereocenters. The maximum atomic E-state index is 13.0. The van der Waals surface area contributed by atoms with Crippen molar-refractivity contribution in [3.8, 4) is 0 Å². The van der Waals surface area contributed by atoms with Crippen molar-refractivity contribution < 1.29 is 24.5 Å². The van der Waals surface area contributed by atoms with E-state index in [0.29, 0.717) is 24.8 Å². The summed E-state index contributed by atoms with van der Waals surface area (Å²) in [6.07, 6.45) is 3.50. The molecule has 3 unspecified atom stereocenters. The van der Waals surface area contributed by atoms with Crippen LogP contribution in [0.25, 0.3) is 0 Å². The zero-order chi connectivity index (χ0) is 21.4. The maximum Gasteiger partial charge on any atom is 0.183 e. The summed E-state index contributed by atoms with van der Waals surface area (Å²) in [6.45, 7) is 12.6. The van der Waals surface area contributed by atoms with E-state index in [4.69, 9.17) is 4.74 Å². The Morgan fingerprint density at radius 2 is 2.00 bits per heavy atom. The van der Waals surface area contributed by atoms with Crippen molar-refractivity contribution in [2.24, 2.45) is 11.3 Å². The molecule has 1 heterocycles. The third-order valence-electron chi connectivity index (χ3n) is 6.03. The van der Waals surface area contributed by atoms with Gasteiger partial charge in [0.05, 0.1) is 11.0 Å². The zero-order valence-electron chi connectivity index (χ0n) is 18.2. The number of aliphatic hydroxyl groups is 2. The Kier molecular flexibility index (Phi) is 6.29. The van der Waals surface area contributed by atoms with E-state index in [0.717, 1.165) is 0 Å². The van der Waals surface area contributed by atoms with Crippen LogP contribution in [0.5, 0.6) is 0 Å². The van der Waals surface area contributed by atoms with Crippen LogP contribution in [0, 0.1) is 11.3 Å². The fraction of sp³-hybridized carbons (Fsp3) is 0.652. The molecule has 2 rings (SSSR count). The number of aliphatic hydroxyl groups excluding tert-OH is 1. The first-order valence-corrected chi connectivity index (χ1v) is 10.1. The third kappa shape index (κ3) is 3.95. The van der Waals surface area contributed by atoms with Crippen molar-refractivity contribution in [1.82, 2.24) is 0 Å². The van der Waals surface area contributed by atoms with Gasteiger partial charge in [-0.25, -0.2) is 0 Å². The van der Waals surface area contributed by atoms with E-state index in [-0.39, 0.29) is 35.2 Å². The first-order valence-electron chi connectivity index (χ1n) is 10.1. The van der Waals surface area contributed by atoms with Crippen LogP contribution in [0.2, 0.25) is 0 Å². The number of ether oxygens (including phenoxy) is 1. The average molecular weight is 391 g/mol. The Bertz CT molecular complexity index is 760. The number of fused-ring (bicyclic) bond motifs is 1. The monoisotopic (exact) mass is 390 g/mol. The van der Waals surface area contributed by atoms with Crippen molar-refractivity contribution in [2.75, 3.05) is 0 Å². The van der Waals surface area contributed by atoms with Gasteiger partial charge in [-0.05, 0) is 53.9 Å². The van der Waals surface area contributed by atoms with E-state index in [1.807, 2.05) is 20.8 Å². The minimum Gasteiger partial charge on any atom is -0.511 e. The normalized spacial score (nSPS) is 24.4. The zero-order valence-corrected chi connectivity index (χ0v) is 18.2. The van der Waals surface area contributed by atoms with Crippen molar-refractivity contribution in [3.63, 3.8) is 0 Å². The molecular formula is C23H34O5. The molecule has 28 heavy (non-hydrogen) atoms. The molecule has 0 aromatic heterocycles. The molecule has 5 heteroatoms. The minimum absolute atomic E-state index is 0.0368. The van der Waals surface area contributed by atoms with Crippen LogP contribution in [0.1, 0.15) is 74.1 Å². The molecule has 2 aliphatic rings. The predicted molar refractivity (Wildman–Crippen MR) is 109 cm³/mol. The highest BCUT2D eigenvalue weighted by Crippen LogP contribution is 2.48. The predicted octanol–water partition coefficient (Wildman–Crippen LogP) is 4.56. The molecule has 0 radical (unpaired) electrons. The van der Waals surface area contributed by atoms with Crippen LogP contribution < -0.4 is 0 Å². The second-order valence-electron chi connectivity index (χ2n) is 9.15. The van der Waals surface area contributed by atoms with Crippen molar-refractivity contribution in [3.05, 3.63) is 34.3 Å². The quantitative estimate of drug-likeness (QED) is 0.492. The number of ketones is 2. The second-order valence-corrected chi connectivity index (χ2v) is 9.15. The van der Waals surface area contributed by atoms with Crippen LogP contribution in [-0.4, -0.2) is 33.5 Å². The summed E-state index contributed by atoms with van der Waals surface area (Å²) < 4.78 is 6.00. The summed E-state index contributed by atoms with van der Waals surface area (Å²) in [7, 11) is 0. The number of allylic oxidation sites excluding steroid dienone is 5. The fourth-order valence-corrected chi connectivity index (χ4v) is 3.66. The standard InChI is InChI=1S/C23H34O5/c1-8-14(4)18(24)17-19-15(20(25)22(5,6)21(17)26)12-16(28-19)23(7,27)11-9-10-13(2)3/h10,14,16,25,27H,8-9,11-12H2,1-7H3. The van der Waals surface area contributed by atoms with Crippen molar-refractivity contribution in [1.29, 1.82) is 0 Å². The molecule has 2 N–H and O–H groups in total. The highest BCUT2D eigenvalue weighted by Gasteiger charge is 2.51. The lowest BCUT2D eigenvalue weighted by Gasteiger charge is -2.30. The Balaban J connectivity index is 2.46. The number of hydrogen-bond acceptors (Lipinski definition) is 5. The van der Waals surface area contributed by atoms with Gasteiger partial charge in [-0.2, -0.15) is 0 Å². The lowest BCUT2D eigenvalue weighted by atomic mass is 9.72. The van der Waals surface area contributed by atoms with Crippen LogP contribution >= 0.6 is 0 Å². The molecule has 1 fully saturated rings. The molecule has 0 aromatic carbocycles. The van der Waals surface area contributed by atoms with E-state index >= 15 is 0 Å². The minimum atomic E-state index is -1.18. The molecule has 0 bridgehead atoms. The third-order valence-corrected chi connectivity index (χ3v) is 6.03. The molecule has 0 saturated carbocycles. The largest absolute Gasteiger partial charge is 0.511 e. The first-order chi connectivity index (χ1) is 12.8. The van der Waals surface area contributed by atoms with Gasteiger partial charge in [-0.15, -0.1) is 0 Å². The summed E-state index contributed by atoms with van der Waals surface area (Å²) in [4.78, 5) is 26.0. The lowest BCUT2D eigenvalue weighted by molar-refractivity contribution is -0.128. The summed E-state index contributed by atoms with van der Waals surface area (Å²) in [5.74, 6) is -0.885. The maximum absolute atomic E-state index is 13.0. The highest BCUT2D eigenvalue weighted by molar-refractivity contribution is 6.24. The number of carbonyl (C=O) groups is 2. The average Bonchev–Trinajstić information content (AvgIpc) is 3.04. The van der Waals surface area contributed by atoms with Gasteiger partial charge in [0.15, 0.2) is 11.6 Å². The molecule has 1 aliphatic heterocycles. The van der Waals surface area contributed by atoms with Gasteiger partial charge in [0.1, 0.15) is 23.2 Å². The number of hydrogen-bond donors (Lipinski definition) is 2. The molecule has 1 aliphatic carbocycles. The summed E-state index contributed by atoms with van der Waals surface area (Å²) >= 11 is 0. The van der Waals surface area contributed by atoms with Crippen LogP contribution in [-0.2, 0) is 14.3 Å². The molecule has 0 aromatic rings. The Morgan fingerprint density at radius 3 is 2.54 bits per heavy atom. The van der Waals surface area contributed by atoms with Crippen molar-refractivity contribution >= 4 is 11.6 Å². The summed E-state index contributed by atoms with van der Waals surface area (Å²) in [5, 5.41) is 21.7. The first kappa shape index (κ1) is 22.4. The molecule has 0 spiro atoms. The second kappa shape index (κ2) is 7.86. The lowest BCUT2D eigenvalue weighted by Crippen LogP contribution is -2.38. The van der Waals surface area contributed by atoms with Crippen LogP contribution in [0.15, 0.2) is 34.3 Å². The van der Waals surface area contributed by atoms with E-state index in [1.165, 1.54) is 5.57 Å². The van der Waals surface area contributed by atoms with E-state index in [9.17, 15) is 19.8 Å². The Labute approximate surface area is 168 Å². The van der Waals surface area contributed by atoms with E-state index < -0.39 is 22.9 Å². The molecule has 5 nitrogen and oxygen atoms in total. The summed E-state index contributed by atoms with van der Waals surface area (Å²) in [6, 6.07) is 0. The van der Waals surface area contributed by atoms with Gasteiger partial charge < -0.3 is 14.9 Å². The molecule has 156 valence electrons. The Morgan fingerprint density at radius 1 is 1.39 bits per heavy atom. The van der Waals surface area contributed by atoms with Gasteiger partial charge in [-0.3, -0.25) is 9.59 Å². The van der Waals surface area contributed by atoms with E-state index in [1.54, 1.807) is 27.7 Å². The number of rotatable bonds is 7. The molecule has 0 amide bonds. The van der Waals surface area contributed by atoms with Gasteiger partial charge >= 0.3 is 0 Å². The van der Waals surface area contributed by atoms with Gasteiger partial charge in [0.2, 0.25) is 0 Å². The van der Waals surface area contributed by atoms with Gasteiger partial charge in [0, 0.05) is 17.9 Å². The van der Waals surface area contributed by atoms with Gasteiger partial charge in [-0.1, -0.05) is 25.5 Å². The number of carbonyl (C=O) groups excluding carboxylic acids is 2.